The second kappa shape index (κ2) is 11.1. The number of esters is 1. The van der Waals surface area contributed by atoms with Crippen molar-refractivity contribution in [3.8, 4) is 0 Å². The van der Waals surface area contributed by atoms with Crippen LogP contribution in [-0.2, 0) is 9.47 Å². The van der Waals surface area contributed by atoms with Crippen LogP contribution < -0.4 is 5.32 Å². The molecule has 1 heterocycles. The summed E-state index contributed by atoms with van der Waals surface area (Å²) in [6.45, 7) is 6.49. The molecule has 0 spiro atoms. The molecular weight excluding hydrogens is 509 g/mol. The van der Waals surface area contributed by atoms with Gasteiger partial charge in [-0.15, -0.1) is 0 Å². The summed E-state index contributed by atoms with van der Waals surface area (Å²) in [5.41, 5.74) is -1.22. The van der Waals surface area contributed by atoms with Gasteiger partial charge in [0.15, 0.2) is 0 Å². The van der Waals surface area contributed by atoms with Crippen molar-refractivity contribution in [1.29, 1.82) is 0 Å². The van der Waals surface area contributed by atoms with Crippen LogP contribution in [0, 0.1) is 17.6 Å². The molecule has 2 fully saturated rings. The van der Waals surface area contributed by atoms with Crippen LogP contribution in [0.2, 0.25) is 9.91 Å². The van der Waals surface area contributed by atoms with E-state index in [9.17, 15) is 23.2 Å². The topological polar surface area (TPSA) is 84.9 Å². The first kappa shape index (κ1) is 26.5. The Hall–Kier alpha value is -2.15. The van der Waals surface area contributed by atoms with E-state index in [2.05, 4.69) is 10.1 Å². The molecular formula is C24H33AsF2N2O5. The van der Waals surface area contributed by atoms with Gasteiger partial charge in [0.2, 0.25) is 0 Å². The molecule has 1 aromatic carbocycles. The molecule has 7 nitrogen and oxygen atoms in total. The zero-order valence-electron chi connectivity index (χ0n) is 20.2. The SMILES string of the molecule is COC(=O)c1cc(NC(=O)[As](CCC2CC2)C2CCN(C(=O)OC(C)(C)C)CC2)c(F)cc1F. The summed E-state index contributed by atoms with van der Waals surface area (Å²) in [5, 5.41) is 3.43. The van der Waals surface area contributed by atoms with Crippen LogP contribution in [0.15, 0.2) is 12.1 Å². The molecule has 1 unspecified atom stereocenters. The Morgan fingerprint density at radius 2 is 1.74 bits per heavy atom. The summed E-state index contributed by atoms with van der Waals surface area (Å²) in [6, 6.07) is 1.58. The van der Waals surface area contributed by atoms with Gasteiger partial charge in [-0.25, -0.2) is 0 Å². The third-order valence-electron chi connectivity index (χ3n) is 6.00. The van der Waals surface area contributed by atoms with Crippen molar-refractivity contribution in [3.05, 3.63) is 29.3 Å². The summed E-state index contributed by atoms with van der Waals surface area (Å²) in [6.07, 6.45) is 4.36. The van der Waals surface area contributed by atoms with E-state index >= 15 is 0 Å². The first-order valence-corrected chi connectivity index (χ1v) is 15.0. The van der Waals surface area contributed by atoms with Crippen molar-refractivity contribution in [2.45, 2.75) is 68.4 Å². The Balaban J connectivity index is 1.70. The number of hydrogen-bond acceptors (Lipinski definition) is 5. The fourth-order valence-corrected chi connectivity index (χ4v) is 9.55. The van der Waals surface area contributed by atoms with E-state index in [1.54, 1.807) is 4.90 Å². The zero-order chi connectivity index (χ0) is 25.0. The van der Waals surface area contributed by atoms with Crippen LogP contribution in [0.1, 0.15) is 63.2 Å². The number of anilines is 1. The molecule has 0 aromatic heterocycles. The summed E-state index contributed by atoms with van der Waals surface area (Å²) >= 11 is -2.17. The number of methoxy groups -OCH3 is 1. The van der Waals surface area contributed by atoms with Crippen LogP contribution >= 0.6 is 0 Å². The molecule has 34 heavy (non-hydrogen) atoms. The predicted molar refractivity (Wildman–Crippen MR) is 125 cm³/mol. The molecule has 2 aliphatic rings. The Kier molecular flexibility index (Phi) is 8.61. The predicted octanol–water partition coefficient (Wildman–Crippen LogP) is 5.56. The number of ether oxygens (including phenoxy) is 2. The van der Waals surface area contributed by atoms with E-state index < -0.39 is 43.4 Å². The number of likely N-dealkylation sites (tertiary alicyclic amines) is 1. The fourth-order valence-electron chi connectivity index (χ4n) is 3.96. The number of amides is 2. The van der Waals surface area contributed by atoms with E-state index in [1.807, 2.05) is 20.8 Å². The van der Waals surface area contributed by atoms with Crippen LogP contribution in [0.25, 0.3) is 0 Å². The van der Waals surface area contributed by atoms with Crippen molar-refractivity contribution in [1.82, 2.24) is 4.90 Å². The molecule has 2 amide bonds. The molecule has 1 aromatic rings. The molecule has 3 rings (SSSR count). The van der Waals surface area contributed by atoms with Gasteiger partial charge in [-0.2, -0.15) is 0 Å². The molecule has 10 heteroatoms. The van der Waals surface area contributed by atoms with E-state index in [4.69, 9.17) is 4.74 Å². The number of rotatable bonds is 7. The summed E-state index contributed by atoms with van der Waals surface area (Å²) < 4.78 is 38.3. The second-order valence-electron chi connectivity index (χ2n) is 9.86. The van der Waals surface area contributed by atoms with Gasteiger partial charge >= 0.3 is 204 Å². The first-order chi connectivity index (χ1) is 16.0. The van der Waals surface area contributed by atoms with Gasteiger partial charge in [0.25, 0.3) is 0 Å². The second-order valence-corrected chi connectivity index (χ2v) is 15.2. The monoisotopic (exact) mass is 542 g/mol. The molecule has 1 N–H and O–H groups in total. The number of carbonyl (C=O) groups excluding carboxylic acids is 3. The van der Waals surface area contributed by atoms with E-state index in [0.717, 1.165) is 24.8 Å². The normalized spacial score (nSPS) is 17.8. The Labute approximate surface area is 203 Å². The van der Waals surface area contributed by atoms with Crippen molar-refractivity contribution >= 4 is 37.1 Å². The minimum atomic E-state index is -2.17. The molecule has 1 saturated heterocycles. The molecule has 1 aliphatic carbocycles. The van der Waals surface area contributed by atoms with Crippen molar-refractivity contribution in [2.75, 3.05) is 25.5 Å². The van der Waals surface area contributed by atoms with Gasteiger partial charge in [-0.3, -0.25) is 0 Å². The van der Waals surface area contributed by atoms with E-state index in [0.29, 0.717) is 37.9 Å². The summed E-state index contributed by atoms with van der Waals surface area (Å²) in [5.74, 6) is -2.26. The van der Waals surface area contributed by atoms with Gasteiger partial charge in [-0.05, 0) is 0 Å². The molecule has 0 radical (unpaired) electrons. The number of nitrogens with zero attached hydrogens (tertiary/aromatic N) is 1. The number of hydrogen-bond donors (Lipinski definition) is 1. The average molecular weight is 542 g/mol. The van der Waals surface area contributed by atoms with E-state index in [-0.39, 0.29) is 21.2 Å². The van der Waals surface area contributed by atoms with Crippen LogP contribution in [0.5, 0.6) is 0 Å². The number of carbonyl (C=O) groups is 3. The van der Waals surface area contributed by atoms with Gasteiger partial charge in [0.05, 0.1) is 0 Å². The third kappa shape index (κ3) is 7.17. The number of benzene rings is 1. The van der Waals surface area contributed by atoms with E-state index in [1.165, 1.54) is 12.8 Å². The van der Waals surface area contributed by atoms with Gasteiger partial charge in [0.1, 0.15) is 0 Å². The Morgan fingerprint density at radius 1 is 1.09 bits per heavy atom. The minimum absolute atomic E-state index is 0.161. The number of piperidine rings is 1. The van der Waals surface area contributed by atoms with Gasteiger partial charge in [-0.1, -0.05) is 0 Å². The molecule has 1 saturated carbocycles. The first-order valence-electron chi connectivity index (χ1n) is 11.6. The maximum atomic E-state index is 14.4. The van der Waals surface area contributed by atoms with Crippen LogP contribution in [-0.4, -0.2) is 62.1 Å². The summed E-state index contributed by atoms with van der Waals surface area (Å²) in [7, 11) is 1.11. The average Bonchev–Trinajstić information content (AvgIpc) is 3.59. The van der Waals surface area contributed by atoms with Crippen LogP contribution in [0.4, 0.5) is 24.1 Å². The van der Waals surface area contributed by atoms with Gasteiger partial charge < -0.3 is 0 Å². The molecule has 0 bridgehead atoms. The summed E-state index contributed by atoms with van der Waals surface area (Å²) in [4.78, 5) is 39.2. The number of halogens is 2. The standard InChI is InChI=1S/C24H33AsF2N2O5/c1-24(2,3)34-23(32)29-11-8-16(9-12-29)25(10-7-15-5-6-15)22(31)28-20-13-17(21(30)33-4)18(26)14-19(20)27/h13-16H,5-12H2,1-4H3,(H,28,31). The molecule has 1 atom stereocenters. The Morgan fingerprint density at radius 3 is 2.29 bits per heavy atom. The zero-order valence-corrected chi connectivity index (χ0v) is 22.0. The third-order valence-corrected chi connectivity index (χ3v) is 11.8. The molecule has 188 valence electrons. The number of nitrogens with one attached hydrogen (secondary N) is 1. The van der Waals surface area contributed by atoms with Crippen LogP contribution in [0.3, 0.4) is 0 Å². The fraction of sp³-hybridized carbons (Fsp3) is 0.625. The Bertz CT molecular complexity index is 925. The van der Waals surface area contributed by atoms with Crippen molar-refractivity contribution in [2.24, 2.45) is 5.92 Å². The quantitative estimate of drug-likeness (QED) is 0.360. The molecule has 1 aliphatic heterocycles. The maximum absolute atomic E-state index is 14.4. The van der Waals surface area contributed by atoms with Crippen molar-refractivity contribution in [3.63, 3.8) is 0 Å². The van der Waals surface area contributed by atoms with Gasteiger partial charge in [0, 0.05) is 0 Å². The van der Waals surface area contributed by atoms with Crippen molar-refractivity contribution < 1.29 is 32.6 Å².